The van der Waals surface area contributed by atoms with Gasteiger partial charge in [0.25, 0.3) is 0 Å². The Labute approximate surface area is 107 Å². The molecule has 0 unspecified atom stereocenters. The van der Waals surface area contributed by atoms with E-state index in [-0.39, 0.29) is 17.4 Å². The van der Waals surface area contributed by atoms with E-state index in [2.05, 4.69) is 36.6 Å². The molecular formula is C13H21N3O2. The molecule has 0 radical (unpaired) electrons. The summed E-state index contributed by atoms with van der Waals surface area (Å²) in [6.45, 7) is 7.07. The van der Waals surface area contributed by atoms with Crippen molar-refractivity contribution in [2.75, 3.05) is 11.9 Å². The van der Waals surface area contributed by atoms with Crippen molar-refractivity contribution in [2.45, 2.75) is 51.5 Å². The summed E-state index contributed by atoms with van der Waals surface area (Å²) in [6, 6.07) is 1.68. The Morgan fingerprint density at radius 3 is 2.83 bits per heavy atom. The topological polar surface area (TPSA) is 67.2 Å². The summed E-state index contributed by atoms with van der Waals surface area (Å²) in [7, 11) is 0. The van der Waals surface area contributed by atoms with Crippen molar-refractivity contribution < 1.29 is 9.32 Å². The third-order valence-electron chi connectivity index (χ3n) is 3.15. The molecule has 0 aromatic carbocycles. The van der Waals surface area contributed by atoms with Gasteiger partial charge < -0.3 is 9.84 Å². The van der Waals surface area contributed by atoms with E-state index in [1.165, 1.54) is 0 Å². The molecule has 1 aromatic rings. The third kappa shape index (κ3) is 3.10. The molecule has 2 rings (SSSR count). The van der Waals surface area contributed by atoms with Crippen molar-refractivity contribution in [2.24, 2.45) is 0 Å². The molecular weight excluding hydrogens is 230 g/mol. The van der Waals surface area contributed by atoms with E-state index in [4.69, 9.17) is 4.52 Å². The fourth-order valence-electron chi connectivity index (χ4n) is 1.97. The molecule has 1 aliphatic heterocycles. The highest BCUT2D eigenvalue weighted by Gasteiger charge is 2.23. The molecule has 5 nitrogen and oxygen atoms in total. The molecule has 1 amide bonds. The molecule has 1 saturated heterocycles. The molecule has 1 aromatic heterocycles. The largest absolute Gasteiger partial charge is 0.338 e. The van der Waals surface area contributed by atoms with Crippen LogP contribution in [0.2, 0.25) is 0 Å². The van der Waals surface area contributed by atoms with E-state index in [9.17, 15) is 4.79 Å². The van der Waals surface area contributed by atoms with E-state index in [0.29, 0.717) is 5.88 Å². The number of piperidine rings is 1. The van der Waals surface area contributed by atoms with Crippen molar-refractivity contribution in [3.63, 3.8) is 0 Å². The lowest BCUT2D eigenvalue weighted by molar-refractivity contribution is -0.118. The van der Waals surface area contributed by atoms with Crippen LogP contribution in [-0.2, 0) is 10.2 Å². The zero-order chi connectivity index (χ0) is 13.2. The van der Waals surface area contributed by atoms with Crippen LogP contribution in [0.4, 0.5) is 5.88 Å². The fraction of sp³-hybridized carbons (Fsp3) is 0.692. The van der Waals surface area contributed by atoms with Crippen molar-refractivity contribution in [1.29, 1.82) is 0 Å². The number of nitrogens with one attached hydrogen (secondary N) is 2. The summed E-state index contributed by atoms with van der Waals surface area (Å²) in [5, 5.41) is 9.95. The Morgan fingerprint density at radius 2 is 2.28 bits per heavy atom. The second-order valence-electron chi connectivity index (χ2n) is 5.82. The molecule has 18 heavy (non-hydrogen) atoms. The van der Waals surface area contributed by atoms with Crippen LogP contribution in [0, 0.1) is 0 Å². The van der Waals surface area contributed by atoms with Gasteiger partial charge in [0.05, 0.1) is 11.7 Å². The van der Waals surface area contributed by atoms with Gasteiger partial charge in [0.1, 0.15) is 0 Å². The quantitative estimate of drug-likeness (QED) is 0.844. The van der Waals surface area contributed by atoms with Gasteiger partial charge in [0.15, 0.2) is 0 Å². The highest BCUT2D eigenvalue weighted by atomic mass is 16.5. The predicted octanol–water partition coefficient (Wildman–Crippen LogP) is 2.05. The summed E-state index contributed by atoms with van der Waals surface area (Å²) >= 11 is 0. The highest BCUT2D eigenvalue weighted by molar-refractivity contribution is 5.93. The Bertz CT molecular complexity index is 414. The molecule has 1 aliphatic rings. The second kappa shape index (κ2) is 5.10. The number of amides is 1. The molecule has 2 N–H and O–H groups in total. The van der Waals surface area contributed by atoms with Gasteiger partial charge in [-0.15, -0.1) is 0 Å². The van der Waals surface area contributed by atoms with Crippen LogP contribution in [0.15, 0.2) is 10.6 Å². The lowest BCUT2D eigenvalue weighted by Gasteiger charge is -2.21. The second-order valence-corrected chi connectivity index (χ2v) is 5.82. The number of anilines is 1. The molecule has 1 fully saturated rings. The minimum Gasteiger partial charge on any atom is -0.338 e. The van der Waals surface area contributed by atoms with Crippen molar-refractivity contribution in [3.8, 4) is 0 Å². The predicted molar refractivity (Wildman–Crippen MR) is 69.5 cm³/mol. The molecule has 2 heterocycles. The van der Waals surface area contributed by atoms with E-state index >= 15 is 0 Å². The normalized spacial score (nSPS) is 20.7. The highest BCUT2D eigenvalue weighted by Crippen LogP contribution is 2.23. The van der Waals surface area contributed by atoms with Gasteiger partial charge in [-0.2, -0.15) is 0 Å². The van der Waals surface area contributed by atoms with E-state index in [1.807, 2.05) is 0 Å². The zero-order valence-electron chi connectivity index (χ0n) is 11.2. The van der Waals surface area contributed by atoms with Gasteiger partial charge in [-0.1, -0.05) is 32.3 Å². The average Bonchev–Trinajstić information content (AvgIpc) is 2.78. The number of hydrogen-bond acceptors (Lipinski definition) is 4. The third-order valence-corrected chi connectivity index (χ3v) is 3.15. The van der Waals surface area contributed by atoms with Crippen LogP contribution < -0.4 is 10.6 Å². The average molecular weight is 251 g/mol. The fourth-order valence-corrected chi connectivity index (χ4v) is 1.97. The Kier molecular flexibility index (Phi) is 3.71. The molecule has 0 bridgehead atoms. The van der Waals surface area contributed by atoms with E-state index < -0.39 is 0 Å². The van der Waals surface area contributed by atoms with Crippen LogP contribution in [0.25, 0.3) is 0 Å². The standard InChI is InChI=1S/C13H21N3O2/c1-13(2,3)10-8-11(18-16-10)15-12(17)9-6-4-5-7-14-9/h8-9,14H,4-7H2,1-3H3,(H,15,17)/t9-/m0/s1. The number of aromatic nitrogens is 1. The minimum absolute atomic E-state index is 0.0358. The van der Waals surface area contributed by atoms with Gasteiger partial charge in [0.2, 0.25) is 11.8 Å². The summed E-state index contributed by atoms with van der Waals surface area (Å²) in [5.41, 5.74) is 0.768. The van der Waals surface area contributed by atoms with E-state index in [1.54, 1.807) is 6.07 Å². The first-order chi connectivity index (χ1) is 8.47. The number of nitrogens with zero attached hydrogens (tertiary/aromatic N) is 1. The van der Waals surface area contributed by atoms with Gasteiger partial charge in [-0.05, 0) is 19.4 Å². The van der Waals surface area contributed by atoms with E-state index in [0.717, 1.165) is 31.5 Å². The monoisotopic (exact) mass is 251 g/mol. The van der Waals surface area contributed by atoms with Crippen molar-refractivity contribution >= 4 is 11.8 Å². The summed E-state index contributed by atoms with van der Waals surface area (Å²) in [5.74, 6) is 0.392. The maximum absolute atomic E-state index is 12.0. The van der Waals surface area contributed by atoms with Crippen LogP contribution in [0.3, 0.4) is 0 Å². The van der Waals surface area contributed by atoms with Gasteiger partial charge in [-0.3, -0.25) is 10.1 Å². The number of rotatable bonds is 2. The smallest absolute Gasteiger partial charge is 0.243 e. The first-order valence-electron chi connectivity index (χ1n) is 6.48. The van der Waals surface area contributed by atoms with Crippen LogP contribution in [0.5, 0.6) is 0 Å². The Morgan fingerprint density at radius 1 is 1.50 bits per heavy atom. The molecule has 0 saturated carbocycles. The Hall–Kier alpha value is -1.36. The first kappa shape index (κ1) is 13.1. The van der Waals surface area contributed by atoms with Crippen molar-refractivity contribution in [1.82, 2.24) is 10.5 Å². The van der Waals surface area contributed by atoms with Crippen molar-refractivity contribution in [3.05, 3.63) is 11.8 Å². The number of carbonyl (C=O) groups excluding carboxylic acids is 1. The maximum atomic E-state index is 12.0. The summed E-state index contributed by atoms with van der Waals surface area (Å²) in [6.07, 6.45) is 3.11. The SMILES string of the molecule is CC(C)(C)c1cc(NC(=O)[C@@H]2CCCCN2)on1. The molecule has 5 heteroatoms. The summed E-state index contributed by atoms with van der Waals surface area (Å²) in [4.78, 5) is 12.0. The molecule has 100 valence electrons. The molecule has 0 aliphatic carbocycles. The van der Waals surface area contributed by atoms with Gasteiger partial charge in [-0.25, -0.2) is 0 Å². The molecule has 0 spiro atoms. The minimum atomic E-state index is -0.109. The van der Waals surface area contributed by atoms with Gasteiger partial charge in [0, 0.05) is 11.5 Å². The lowest BCUT2D eigenvalue weighted by Crippen LogP contribution is -2.43. The Balaban J connectivity index is 1.96. The first-order valence-corrected chi connectivity index (χ1v) is 6.48. The van der Waals surface area contributed by atoms with Crippen LogP contribution >= 0.6 is 0 Å². The zero-order valence-corrected chi connectivity index (χ0v) is 11.2. The molecule has 1 atom stereocenters. The van der Waals surface area contributed by atoms with Crippen LogP contribution in [0.1, 0.15) is 45.7 Å². The van der Waals surface area contributed by atoms with Crippen LogP contribution in [-0.4, -0.2) is 23.7 Å². The summed E-state index contributed by atoms with van der Waals surface area (Å²) < 4.78 is 5.14. The number of carbonyl (C=O) groups is 1. The maximum Gasteiger partial charge on any atom is 0.243 e. The van der Waals surface area contributed by atoms with Gasteiger partial charge >= 0.3 is 0 Å². The lowest BCUT2D eigenvalue weighted by atomic mass is 9.92. The number of hydrogen-bond donors (Lipinski definition) is 2.